The summed E-state index contributed by atoms with van der Waals surface area (Å²) in [5.41, 5.74) is 6.84. The van der Waals surface area contributed by atoms with Gasteiger partial charge in [-0.05, 0) is 49.7 Å². The largest absolute Gasteiger partial charge is 0.383 e. The van der Waals surface area contributed by atoms with E-state index in [1.807, 2.05) is 13.0 Å². The van der Waals surface area contributed by atoms with Crippen LogP contribution in [0.25, 0.3) is 0 Å². The lowest BCUT2D eigenvalue weighted by molar-refractivity contribution is -0.0382. The first kappa shape index (κ1) is 15.0. The van der Waals surface area contributed by atoms with Gasteiger partial charge >= 0.3 is 0 Å². The molecule has 0 spiro atoms. The van der Waals surface area contributed by atoms with Crippen molar-refractivity contribution in [3.8, 4) is 0 Å². The first-order valence-corrected chi connectivity index (χ1v) is 7.12. The second kappa shape index (κ2) is 5.17. The predicted octanol–water partition coefficient (Wildman–Crippen LogP) is 3.14. The van der Waals surface area contributed by atoms with Crippen molar-refractivity contribution in [2.75, 3.05) is 12.8 Å². The van der Waals surface area contributed by atoms with Crippen LogP contribution in [0.15, 0.2) is 12.3 Å². The Morgan fingerprint density at radius 3 is 2.45 bits per heavy atom. The molecule has 1 aromatic heterocycles. The van der Waals surface area contributed by atoms with Gasteiger partial charge in [0.05, 0.1) is 5.56 Å². The fraction of sp³-hybridized carbons (Fsp3) is 0.625. The minimum Gasteiger partial charge on any atom is -0.383 e. The normalized spacial score (nSPS) is 20.6. The van der Waals surface area contributed by atoms with E-state index in [4.69, 9.17) is 10.5 Å². The number of rotatable bonds is 3. The Morgan fingerprint density at radius 1 is 1.30 bits per heavy atom. The number of anilines is 1. The highest BCUT2D eigenvalue weighted by Crippen LogP contribution is 2.43. The molecular formula is C16H24N2O2. The van der Waals surface area contributed by atoms with E-state index in [1.165, 1.54) is 0 Å². The molecule has 110 valence electrons. The molecule has 20 heavy (non-hydrogen) atoms. The van der Waals surface area contributed by atoms with Crippen LogP contribution in [0.3, 0.4) is 0 Å². The number of aryl methyl sites for hydroxylation is 1. The average Bonchev–Trinajstić information content (AvgIpc) is 2.41. The molecule has 0 radical (unpaired) electrons. The minimum absolute atomic E-state index is 0.0239. The molecule has 0 atom stereocenters. The number of ether oxygens (including phenoxy) is 1. The zero-order chi connectivity index (χ0) is 15.0. The Morgan fingerprint density at radius 2 is 1.90 bits per heavy atom. The molecule has 1 aromatic rings. The summed E-state index contributed by atoms with van der Waals surface area (Å²) >= 11 is 0. The predicted molar refractivity (Wildman–Crippen MR) is 79.7 cm³/mol. The Kier molecular flexibility index (Phi) is 3.87. The van der Waals surface area contributed by atoms with Crippen molar-refractivity contribution < 1.29 is 9.53 Å². The third-order valence-corrected chi connectivity index (χ3v) is 4.52. The number of pyridine rings is 1. The molecule has 1 saturated carbocycles. The number of nitrogen functional groups attached to an aromatic ring is 1. The molecule has 1 aliphatic rings. The number of ketones is 1. The van der Waals surface area contributed by atoms with Gasteiger partial charge in [-0.3, -0.25) is 4.79 Å². The molecule has 1 fully saturated rings. The van der Waals surface area contributed by atoms with Gasteiger partial charge in [0.1, 0.15) is 11.4 Å². The number of carbonyl (C=O) groups excluding carboxylic acids is 1. The lowest BCUT2D eigenvalue weighted by atomic mass is 9.68. The van der Waals surface area contributed by atoms with Crippen LogP contribution >= 0.6 is 0 Å². The van der Waals surface area contributed by atoms with Crippen LogP contribution in [0.1, 0.15) is 55.5 Å². The summed E-state index contributed by atoms with van der Waals surface area (Å²) in [7, 11) is 1.62. The molecule has 4 heteroatoms. The first-order chi connectivity index (χ1) is 9.30. The SMILES string of the molecule is COC1(C(=O)c2cc(C)cnc2N)CCC(C)(C)CC1. The highest BCUT2D eigenvalue weighted by Gasteiger charge is 2.45. The standard InChI is InChI=1S/C16H24N2O2/c1-11-9-12(14(17)18-10-11)13(19)16(20-4)7-5-15(2,3)6-8-16/h9-10H,5-8H2,1-4H3,(H2,17,18). The number of Topliss-reactive ketones (excluding diaryl/α,β-unsaturated/α-hetero) is 1. The summed E-state index contributed by atoms with van der Waals surface area (Å²) in [5, 5.41) is 0. The number of methoxy groups -OCH3 is 1. The molecule has 0 aliphatic heterocycles. The summed E-state index contributed by atoms with van der Waals surface area (Å²) in [5.74, 6) is 0.269. The average molecular weight is 276 g/mol. The first-order valence-electron chi connectivity index (χ1n) is 7.12. The fourth-order valence-electron chi connectivity index (χ4n) is 2.86. The second-order valence-electron chi connectivity index (χ2n) is 6.64. The second-order valence-corrected chi connectivity index (χ2v) is 6.64. The Balaban J connectivity index is 2.32. The van der Waals surface area contributed by atoms with Crippen molar-refractivity contribution in [1.82, 2.24) is 4.98 Å². The summed E-state index contributed by atoms with van der Waals surface area (Å²) < 4.78 is 5.65. The van der Waals surface area contributed by atoms with Gasteiger partial charge in [0, 0.05) is 13.3 Å². The number of aromatic nitrogens is 1. The lowest BCUT2D eigenvalue weighted by Gasteiger charge is -2.41. The Hall–Kier alpha value is -1.42. The third kappa shape index (κ3) is 2.70. The maximum Gasteiger partial charge on any atom is 0.198 e. The van der Waals surface area contributed by atoms with E-state index in [-0.39, 0.29) is 11.2 Å². The van der Waals surface area contributed by atoms with Gasteiger partial charge in [-0.25, -0.2) is 4.98 Å². The molecule has 1 aliphatic carbocycles. The monoisotopic (exact) mass is 276 g/mol. The number of nitrogens with zero attached hydrogens (tertiary/aromatic N) is 1. The van der Waals surface area contributed by atoms with Crippen LogP contribution in [0.5, 0.6) is 0 Å². The van der Waals surface area contributed by atoms with Gasteiger partial charge in [-0.2, -0.15) is 0 Å². The van der Waals surface area contributed by atoms with Crippen molar-refractivity contribution in [2.24, 2.45) is 5.41 Å². The van der Waals surface area contributed by atoms with E-state index in [2.05, 4.69) is 18.8 Å². The summed E-state index contributed by atoms with van der Waals surface area (Å²) in [6, 6.07) is 1.81. The van der Waals surface area contributed by atoms with Crippen molar-refractivity contribution >= 4 is 11.6 Å². The minimum atomic E-state index is -0.737. The molecule has 0 bridgehead atoms. The van der Waals surface area contributed by atoms with Gasteiger partial charge in [0.15, 0.2) is 5.78 Å². The van der Waals surface area contributed by atoms with Crippen LogP contribution in [0.2, 0.25) is 0 Å². The van der Waals surface area contributed by atoms with Gasteiger partial charge in [-0.15, -0.1) is 0 Å². The van der Waals surface area contributed by atoms with E-state index >= 15 is 0 Å². The van der Waals surface area contributed by atoms with Crippen LogP contribution < -0.4 is 5.73 Å². The lowest BCUT2D eigenvalue weighted by Crippen LogP contribution is -2.46. The van der Waals surface area contributed by atoms with E-state index in [0.29, 0.717) is 11.4 Å². The maximum absolute atomic E-state index is 12.9. The van der Waals surface area contributed by atoms with Crippen molar-refractivity contribution in [3.63, 3.8) is 0 Å². The topological polar surface area (TPSA) is 65.2 Å². The van der Waals surface area contributed by atoms with Gasteiger partial charge < -0.3 is 10.5 Å². The molecule has 2 N–H and O–H groups in total. The third-order valence-electron chi connectivity index (χ3n) is 4.52. The molecular weight excluding hydrogens is 252 g/mol. The number of nitrogens with two attached hydrogens (primary N) is 1. The van der Waals surface area contributed by atoms with Crippen LogP contribution in [0, 0.1) is 12.3 Å². The molecule has 0 saturated heterocycles. The summed E-state index contributed by atoms with van der Waals surface area (Å²) in [4.78, 5) is 17.0. The van der Waals surface area contributed by atoms with Crippen molar-refractivity contribution in [2.45, 2.75) is 52.1 Å². The summed E-state index contributed by atoms with van der Waals surface area (Å²) in [6.07, 6.45) is 5.11. The zero-order valence-corrected chi connectivity index (χ0v) is 12.8. The molecule has 2 rings (SSSR count). The molecule has 0 amide bonds. The van der Waals surface area contributed by atoms with Crippen LogP contribution in [-0.4, -0.2) is 23.5 Å². The van der Waals surface area contributed by atoms with Crippen LogP contribution in [-0.2, 0) is 4.74 Å². The quantitative estimate of drug-likeness (QED) is 0.861. The van der Waals surface area contributed by atoms with E-state index in [9.17, 15) is 4.79 Å². The van der Waals surface area contributed by atoms with Gasteiger partial charge in [0.25, 0.3) is 0 Å². The van der Waals surface area contributed by atoms with Crippen LogP contribution in [0.4, 0.5) is 5.82 Å². The number of carbonyl (C=O) groups is 1. The van der Waals surface area contributed by atoms with Gasteiger partial charge in [0.2, 0.25) is 0 Å². The molecule has 0 aromatic carbocycles. The Labute approximate surface area is 120 Å². The zero-order valence-electron chi connectivity index (χ0n) is 12.8. The highest BCUT2D eigenvalue weighted by atomic mass is 16.5. The van der Waals surface area contributed by atoms with Gasteiger partial charge in [-0.1, -0.05) is 13.8 Å². The van der Waals surface area contributed by atoms with E-state index in [1.54, 1.807) is 13.3 Å². The van der Waals surface area contributed by atoms with Crippen molar-refractivity contribution in [3.05, 3.63) is 23.4 Å². The maximum atomic E-state index is 12.9. The molecule has 4 nitrogen and oxygen atoms in total. The molecule has 0 unspecified atom stereocenters. The van der Waals surface area contributed by atoms with E-state index in [0.717, 1.165) is 31.2 Å². The molecule has 1 heterocycles. The van der Waals surface area contributed by atoms with E-state index < -0.39 is 5.60 Å². The highest BCUT2D eigenvalue weighted by molar-refractivity contribution is 6.05. The number of hydrogen-bond acceptors (Lipinski definition) is 4. The fourth-order valence-corrected chi connectivity index (χ4v) is 2.86. The summed E-state index contributed by atoms with van der Waals surface area (Å²) in [6.45, 7) is 6.38. The van der Waals surface area contributed by atoms with Crippen molar-refractivity contribution in [1.29, 1.82) is 0 Å². The Bertz CT molecular complexity index is 513. The smallest absolute Gasteiger partial charge is 0.198 e. The number of hydrogen-bond donors (Lipinski definition) is 1.